The molecule has 7 aromatic rings. The maximum atomic E-state index is 12.6. The van der Waals surface area contributed by atoms with E-state index in [-0.39, 0.29) is 24.8 Å². The molecular weight excluding hydrogens is 725 g/mol. The number of esters is 2. The summed E-state index contributed by atoms with van der Waals surface area (Å²) in [6, 6.07) is 4.44. The maximum absolute atomic E-state index is 12.6. The summed E-state index contributed by atoms with van der Waals surface area (Å²) in [5.74, 6) is -0.523. The molecule has 12 bridgehead atoms. The summed E-state index contributed by atoms with van der Waals surface area (Å²) in [6.07, 6.45) is 4.95. The van der Waals surface area contributed by atoms with Gasteiger partial charge in [0.1, 0.15) is 0 Å². The molecule has 58 heavy (non-hydrogen) atoms. The third-order valence-corrected chi connectivity index (χ3v) is 13.0. The van der Waals surface area contributed by atoms with Crippen molar-refractivity contribution in [1.82, 2.24) is 29.9 Å². The quantitative estimate of drug-likeness (QED) is 0.0766. The van der Waals surface area contributed by atoms with Crippen molar-refractivity contribution in [3.05, 3.63) is 78.9 Å². The van der Waals surface area contributed by atoms with Crippen molar-refractivity contribution in [1.29, 1.82) is 0 Å². The number of fused-ring (bicyclic) bond motifs is 16. The van der Waals surface area contributed by atoms with E-state index in [9.17, 15) is 9.59 Å². The topological polar surface area (TPSA) is 147 Å². The lowest BCUT2D eigenvalue weighted by Crippen LogP contribution is -2.03. The zero-order valence-electron chi connectivity index (χ0n) is 36.4. The Balaban J connectivity index is 1.75. The molecule has 6 N–H and O–H groups in total. The van der Waals surface area contributed by atoms with Gasteiger partial charge in [-0.15, -0.1) is 0 Å². The van der Waals surface area contributed by atoms with Crippen LogP contribution in [0.5, 0.6) is 0 Å². The van der Waals surface area contributed by atoms with Crippen LogP contribution in [0.15, 0.2) is 12.1 Å². The van der Waals surface area contributed by atoms with Crippen molar-refractivity contribution in [3.8, 4) is 0 Å². The minimum atomic E-state index is -0.262. The van der Waals surface area contributed by atoms with Crippen molar-refractivity contribution >= 4 is 78.1 Å². The fraction of sp³-hybridized carbons (Fsp3) is 0.417. The number of carbonyl (C=O) groups excluding carboxylic acids is 2. The summed E-state index contributed by atoms with van der Waals surface area (Å²) in [7, 11) is 2.86. The predicted octanol–water partition coefficient (Wildman–Crippen LogP) is 11.1. The number of hydrogen-bond donors (Lipinski definition) is 6. The second kappa shape index (κ2) is 16.0. The predicted molar refractivity (Wildman–Crippen MR) is 239 cm³/mol. The number of aromatic nitrogens is 6. The Morgan fingerprint density at radius 2 is 0.690 bits per heavy atom. The van der Waals surface area contributed by atoms with Crippen LogP contribution in [-0.2, 0) is 57.6 Å². The van der Waals surface area contributed by atoms with Gasteiger partial charge in [0.2, 0.25) is 0 Å². The van der Waals surface area contributed by atoms with Gasteiger partial charge in [-0.25, -0.2) is 0 Å². The van der Waals surface area contributed by atoms with Gasteiger partial charge < -0.3 is 39.4 Å². The van der Waals surface area contributed by atoms with Gasteiger partial charge in [-0.3, -0.25) is 9.59 Å². The van der Waals surface area contributed by atoms with Crippen molar-refractivity contribution in [2.24, 2.45) is 0 Å². The lowest BCUT2D eigenvalue weighted by molar-refractivity contribution is -0.141. The van der Waals surface area contributed by atoms with Crippen molar-refractivity contribution in [2.75, 3.05) is 14.2 Å². The number of rotatable bonds is 10. The molecule has 0 spiro atoms. The molecule has 7 heterocycles. The molecule has 0 amide bonds. The van der Waals surface area contributed by atoms with Gasteiger partial charge in [0.05, 0.1) is 58.4 Å². The Hall–Kier alpha value is -5.64. The Morgan fingerprint density at radius 1 is 0.397 bits per heavy atom. The molecule has 7 aromatic heterocycles. The second-order valence-electron chi connectivity index (χ2n) is 15.9. The van der Waals surface area contributed by atoms with Gasteiger partial charge in [0, 0.05) is 34.9 Å². The number of H-pyrrole nitrogens is 6. The zero-order chi connectivity index (χ0) is 41.7. The molecule has 0 unspecified atom stereocenters. The van der Waals surface area contributed by atoms with E-state index in [0.717, 1.165) is 114 Å². The fourth-order valence-electron chi connectivity index (χ4n) is 9.64. The van der Waals surface area contributed by atoms with Crippen LogP contribution < -0.4 is 0 Å². The van der Waals surface area contributed by atoms with Gasteiger partial charge in [-0.05, 0) is 159 Å². The standard InChI is InChI=1S/C48H60N6O4/c1-13-29-25(7)41-43-27(9)31(15-3)45(53-43)46-32(16-4)28(10)44(54-46)42-26(8)30(14-2)38(52-42)22-36-24(6)34(18-20-40(56)58-12)48(50-36)47-33(17-19-39(55)57-11)23(5)35(49-47)21-37(29)51-41/h21-22,49-54H,13-20H2,1-12H3. The van der Waals surface area contributed by atoms with E-state index in [1.807, 2.05) is 0 Å². The molecule has 7 rings (SSSR count). The van der Waals surface area contributed by atoms with Crippen molar-refractivity contribution < 1.29 is 19.1 Å². The molecule has 10 nitrogen and oxygen atoms in total. The van der Waals surface area contributed by atoms with E-state index in [4.69, 9.17) is 9.47 Å². The van der Waals surface area contributed by atoms with Gasteiger partial charge in [0.25, 0.3) is 0 Å². The number of ether oxygens (including phenoxy) is 2. The van der Waals surface area contributed by atoms with Crippen LogP contribution in [0.1, 0.15) is 107 Å². The average molecular weight is 785 g/mol. The van der Waals surface area contributed by atoms with Gasteiger partial charge in [-0.1, -0.05) is 27.7 Å². The van der Waals surface area contributed by atoms with Crippen LogP contribution in [-0.4, -0.2) is 56.1 Å². The third kappa shape index (κ3) is 6.60. The van der Waals surface area contributed by atoms with Crippen LogP contribution in [0.2, 0.25) is 0 Å². The zero-order valence-corrected chi connectivity index (χ0v) is 36.4. The highest BCUT2D eigenvalue weighted by molar-refractivity contribution is 5.99. The van der Waals surface area contributed by atoms with Crippen LogP contribution in [0.3, 0.4) is 0 Å². The van der Waals surface area contributed by atoms with E-state index >= 15 is 0 Å². The summed E-state index contributed by atoms with van der Waals surface area (Å²) < 4.78 is 10.2. The molecule has 0 aromatic carbocycles. The molecule has 10 heteroatoms. The molecule has 0 saturated heterocycles. The number of nitrogens with one attached hydrogen (secondary N) is 6. The normalized spacial score (nSPS) is 11.8. The summed E-state index contributed by atoms with van der Waals surface area (Å²) >= 11 is 0. The third-order valence-electron chi connectivity index (χ3n) is 13.0. The smallest absolute Gasteiger partial charge is 0.305 e. The molecule has 0 atom stereocenters. The molecule has 306 valence electrons. The lowest BCUT2D eigenvalue weighted by atomic mass is 10.0. The molecule has 0 fully saturated rings. The number of aryl methyl sites for hydroxylation is 12. The lowest BCUT2D eigenvalue weighted by Gasteiger charge is -2.04. The number of hydrogen-bond acceptors (Lipinski definition) is 4. The summed E-state index contributed by atoms with van der Waals surface area (Å²) in [6.45, 7) is 22.1. The summed E-state index contributed by atoms with van der Waals surface area (Å²) in [4.78, 5) is 48.5. The number of carbonyl (C=O) groups is 2. The first-order valence-corrected chi connectivity index (χ1v) is 20.9. The first-order chi connectivity index (χ1) is 27.8. The molecule has 0 radical (unpaired) electrons. The molecule has 0 saturated carbocycles. The van der Waals surface area contributed by atoms with E-state index in [2.05, 4.69) is 111 Å². The summed E-state index contributed by atoms with van der Waals surface area (Å²) in [5, 5.41) is 0. The van der Waals surface area contributed by atoms with E-state index in [1.54, 1.807) is 0 Å². The van der Waals surface area contributed by atoms with Crippen LogP contribution in [0, 0.1) is 41.5 Å². The molecule has 0 aliphatic carbocycles. The minimum absolute atomic E-state index is 0.238. The highest BCUT2D eigenvalue weighted by Crippen LogP contribution is 2.36. The highest BCUT2D eigenvalue weighted by atomic mass is 16.5. The van der Waals surface area contributed by atoms with Gasteiger partial charge in [0.15, 0.2) is 0 Å². The Labute approximate surface area is 339 Å². The maximum Gasteiger partial charge on any atom is 0.305 e. The van der Waals surface area contributed by atoms with Crippen LogP contribution >= 0.6 is 0 Å². The molecule has 0 aliphatic rings. The Bertz CT molecular complexity index is 2720. The van der Waals surface area contributed by atoms with Gasteiger partial charge in [-0.2, -0.15) is 0 Å². The SMILES string of the molecule is CCc1c(C)c2[nH]c1cc1[nH]c(c(CCC(=O)OC)c1C)c1[nH]c(cc3[nH]c(c(C)c3CC)c3[nH]c(c(CC)c3C)c3[nH]c2c(C)c3CC)c(C)c1CCC(=O)OC. The fourth-order valence-corrected chi connectivity index (χ4v) is 9.64. The summed E-state index contributed by atoms with van der Waals surface area (Å²) in [5.41, 5.74) is 26.8. The van der Waals surface area contributed by atoms with E-state index in [1.165, 1.54) is 58.7 Å². The van der Waals surface area contributed by atoms with Crippen molar-refractivity contribution in [3.63, 3.8) is 0 Å². The largest absolute Gasteiger partial charge is 0.469 e. The Kier molecular flexibility index (Phi) is 11.2. The second-order valence-corrected chi connectivity index (χ2v) is 15.9. The number of methoxy groups -OCH3 is 2. The van der Waals surface area contributed by atoms with E-state index in [0.29, 0.717) is 12.8 Å². The molecule has 0 aliphatic heterocycles. The number of aromatic amines is 6. The first-order valence-electron chi connectivity index (χ1n) is 20.9. The highest BCUT2D eigenvalue weighted by Gasteiger charge is 2.21. The van der Waals surface area contributed by atoms with Crippen LogP contribution in [0.25, 0.3) is 66.2 Å². The van der Waals surface area contributed by atoms with E-state index < -0.39 is 0 Å². The minimum Gasteiger partial charge on any atom is -0.469 e. The van der Waals surface area contributed by atoms with Crippen molar-refractivity contribution in [2.45, 2.75) is 121 Å². The molecular formula is C48H60N6O4. The van der Waals surface area contributed by atoms with Gasteiger partial charge >= 0.3 is 11.9 Å². The Morgan fingerprint density at radius 3 is 1.02 bits per heavy atom. The first kappa shape index (κ1) is 40.6. The van der Waals surface area contributed by atoms with Crippen LogP contribution in [0.4, 0.5) is 0 Å². The monoisotopic (exact) mass is 784 g/mol. The average Bonchev–Trinajstić information content (AvgIpc) is 4.03.